The molecule has 1 aromatic rings. The Labute approximate surface area is 143 Å². The Morgan fingerprint density at radius 1 is 1.29 bits per heavy atom. The van der Waals surface area contributed by atoms with Gasteiger partial charge in [0, 0.05) is 25.2 Å². The zero-order valence-corrected chi connectivity index (χ0v) is 14.3. The lowest BCUT2D eigenvalue weighted by Gasteiger charge is -2.38. The van der Waals surface area contributed by atoms with Crippen molar-refractivity contribution in [2.75, 3.05) is 19.6 Å². The molecule has 0 aliphatic carbocycles. The highest BCUT2D eigenvalue weighted by Crippen LogP contribution is 2.26. The van der Waals surface area contributed by atoms with Crippen molar-refractivity contribution in [1.29, 1.82) is 0 Å². The Morgan fingerprint density at radius 2 is 2.04 bits per heavy atom. The molecular formula is C19H27FN2O2. The number of aliphatic hydroxyl groups is 1. The highest BCUT2D eigenvalue weighted by atomic mass is 19.1. The molecule has 132 valence electrons. The first-order valence-electron chi connectivity index (χ1n) is 9.01. The number of rotatable bonds is 4. The van der Waals surface area contributed by atoms with Crippen molar-refractivity contribution in [2.45, 2.75) is 57.2 Å². The van der Waals surface area contributed by atoms with E-state index >= 15 is 0 Å². The van der Waals surface area contributed by atoms with Gasteiger partial charge in [-0.1, -0.05) is 12.1 Å². The average molecular weight is 334 g/mol. The molecule has 1 N–H and O–H groups in total. The first kappa shape index (κ1) is 17.4. The van der Waals surface area contributed by atoms with Crippen LogP contribution in [0, 0.1) is 5.82 Å². The van der Waals surface area contributed by atoms with Gasteiger partial charge in [-0.2, -0.15) is 0 Å². The molecule has 1 amide bonds. The Hall–Kier alpha value is -1.46. The lowest BCUT2D eigenvalue weighted by molar-refractivity contribution is -0.135. The lowest BCUT2D eigenvalue weighted by Crippen LogP contribution is -2.47. The van der Waals surface area contributed by atoms with E-state index in [1.807, 2.05) is 4.90 Å². The van der Waals surface area contributed by atoms with Crippen LogP contribution in [0.3, 0.4) is 0 Å². The molecule has 0 radical (unpaired) electrons. The molecule has 0 saturated carbocycles. The molecule has 0 aromatic heterocycles. The van der Waals surface area contributed by atoms with Gasteiger partial charge in [-0.3, -0.25) is 9.69 Å². The predicted octanol–water partition coefficient (Wildman–Crippen LogP) is 2.72. The summed E-state index contributed by atoms with van der Waals surface area (Å²) in [5.41, 5.74) is 0.462. The zero-order chi connectivity index (χ0) is 17.1. The van der Waals surface area contributed by atoms with Gasteiger partial charge in [0.1, 0.15) is 5.82 Å². The third kappa shape index (κ3) is 3.95. The van der Waals surface area contributed by atoms with Crippen LogP contribution in [-0.4, -0.2) is 52.5 Å². The molecule has 0 bridgehead atoms. The van der Waals surface area contributed by atoms with Crippen molar-refractivity contribution in [2.24, 2.45) is 0 Å². The van der Waals surface area contributed by atoms with Crippen LogP contribution in [0.1, 0.15) is 50.7 Å². The molecule has 24 heavy (non-hydrogen) atoms. The minimum Gasteiger partial charge on any atom is -0.388 e. The van der Waals surface area contributed by atoms with Crippen LogP contribution in [0.25, 0.3) is 0 Å². The van der Waals surface area contributed by atoms with E-state index in [0.717, 1.165) is 25.9 Å². The number of likely N-dealkylation sites (tertiary alicyclic amines) is 2. The summed E-state index contributed by atoms with van der Waals surface area (Å²) in [6.07, 6.45) is 3.65. The summed E-state index contributed by atoms with van der Waals surface area (Å²) in [5.74, 6) is -0.431. The van der Waals surface area contributed by atoms with Gasteiger partial charge in [0.25, 0.3) is 0 Å². The Balaban J connectivity index is 1.50. The second-order valence-corrected chi connectivity index (χ2v) is 7.12. The maximum absolute atomic E-state index is 13.2. The number of hydrogen-bond acceptors (Lipinski definition) is 3. The minimum absolute atomic E-state index is 0.0221. The molecule has 0 spiro atoms. The normalized spacial score (nSPS) is 24.3. The maximum Gasteiger partial charge on any atom is 0.225 e. The van der Waals surface area contributed by atoms with Gasteiger partial charge in [0.15, 0.2) is 0 Å². The fourth-order valence-corrected chi connectivity index (χ4v) is 4.07. The van der Waals surface area contributed by atoms with Crippen molar-refractivity contribution >= 4 is 5.91 Å². The van der Waals surface area contributed by atoms with E-state index in [2.05, 4.69) is 11.8 Å². The van der Waals surface area contributed by atoms with Crippen LogP contribution >= 0.6 is 0 Å². The largest absolute Gasteiger partial charge is 0.388 e. The third-order valence-electron chi connectivity index (χ3n) is 5.49. The predicted molar refractivity (Wildman–Crippen MR) is 91.0 cm³/mol. The molecule has 2 aliphatic rings. The SMILES string of the molecule is CC1CCCN1C1CCN(C(=O)CC(O)c2cccc(F)c2)CC1. The molecule has 2 aliphatic heterocycles. The summed E-state index contributed by atoms with van der Waals surface area (Å²) < 4.78 is 13.2. The molecule has 2 heterocycles. The molecule has 3 rings (SSSR count). The van der Waals surface area contributed by atoms with E-state index in [1.165, 1.54) is 31.5 Å². The quantitative estimate of drug-likeness (QED) is 0.921. The summed E-state index contributed by atoms with van der Waals surface area (Å²) in [7, 11) is 0. The van der Waals surface area contributed by atoms with Crippen molar-refractivity contribution < 1.29 is 14.3 Å². The highest BCUT2D eigenvalue weighted by Gasteiger charge is 2.32. The number of hydrogen-bond donors (Lipinski definition) is 1. The number of piperidine rings is 1. The number of carbonyl (C=O) groups is 1. The summed E-state index contributed by atoms with van der Waals surface area (Å²) in [5, 5.41) is 10.2. The number of nitrogens with zero attached hydrogens (tertiary/aromatic N) is 2. The highest BCUT2D eigenvalue weighted by molar-refractivity contribution is 5.77. The number of benzene rings is 1. The van der Waals surface area contributed by atoms with Crippen LogP contribution in [0.5, 0.6) is 0 Å². The molecule has 1 aromatic carbocycles. The molecule has 2 fully saturated rings. The minimum atomic E-state index is -0.940. The van der Waals surface area contributed by atoms with Crippen LogP contribution in [-0.2, 0) is 4.79 Å². The van der Waals surface area contributed by atoms with E-state index in [1.54, 1.807) is 12.1 Å². The van der Waals surface area contributed by atoms with Crippen molar-refractivity contribution in [3.8, 4) is 0 Å². The Morgan fingerprint density at radius 3 is 2.67 bits per heavy atom. The number of carbonyl (C=O) groups excluding carboxylic acids is 1. The van der Waals surface area contributed by atoms with E-state index in [4.69, 9.17) is 0 Å². The second-order valence-electron chi connectivity index (χ2n) is 7.12. The van der Waals surface area contributed by atoms with Gasteiger partial charge in [0.05, 0.1) is 12.5 Å². The summed E-state index contributed by atoms with van der Waals surface area (Å²) in [4.78, 5) is 16.9. The number of aliphatic hydroxyl groups excluding tert-OH is 1. The monoisotopic (exact) mass is 334 g/mol. The molecule has 2 unspecified atom stereocenters. The number of halogens is 1. The standard InChI is InChI=1S/C19H27FN2O2/c1-14-4-3-9-22(14)17-7-10-21(11-8-17)19(24)13-18(23)15-5-2-6-16(20)12-15/h2,5-6,12,14,17-18,23H,3-4,7-11,13H2,1H3. The van der Waals surface area contributed by atoms with Crippen molar-refractivity contribution in [3.63, 3.8) is 0 Å². The molecule has 2 saturated heterocycles. The zero-order valence-electron chi connectivity index (χ0n) is 14.3. The van der Waals surface area contributed by atoms with Crippen molar-refractivity contribution in [1.82, 2.24) is 9.80 Å². The van der Waals surface area contributed by atoms with Crippen molar-refractivity contribution in [3.05, 3.63) is 35.6 Å². The van der Waals surface area contributed by atoms with E-state index in [9.17, 15) is 14.3 Å². The lowest BCUT2D eigenvalue weighted by atomic mass is 10.0. The fraction of sp³-hybridized carbons (Fsp3) is 0.632. The van der Waals surface area contributed by atoms with Crippen LogP contribution < -0.4 is 0 Å². The fourth-order valence-electron chi connectivity index (χ4n) is 4.07. The van der Waals surface area contributed by atoms with Gasteiger partial charge in [-0.15, -0.1) is 0 Å². The van der Waals surface area contributed by atoms with E-state index < -0.39 is 6.10 Å². The van der Waals surface area contributed by atoms with E-state index in [-0.39, 0.29) is 18.1 Å². The molecule has 5 heteroatoms. The van der Waals surface area contributed by atoms with Gasteiger partial charge < -0.3 is 10.0 Å². The third-order valence-corrected chi connectivity index (χ3v) is 5.49. The smallest absolute Gasteiger partial charge is 0.225 e. The summed E-state index contributed by atoms with van der Waals surface area (Å²) >= 11 is 0. The molecular weight excluding hydrogens is 307 g/mol. The van der Waals surface area contributed by atoms with Crippen LogP contribution in [0.4, 0.5) is 4.39 Å². The topological polar surface area (TPSA) is 43.8 Å². The first-order chi connectivity index (χ1) is 11.5. The van der Waals surface area contributed by atoms with Crippen LogP contribution in [0.2, 0.25) is 0 Å². The Bertz CT molecular complexity index is 572. The van der Waals surface area contributed by atoms with Crippen LogP contribution in [0.15, 0.2) is 24.3 Å². The van der Waals surface area contributed by atoms with Gasteiger partial charge in [0.2, 0.25) is 5.91 Å². The van der Waals surface area contributed by atoms with E-state index in [0.29, 0.717) is 17.6 Å². The summed E-state index contributed by atoms with van der Waals surface area (Å²) in [6.45, 7) is 4.98. The number of amides is 1. The average Bonchev–Trinajstić information content (AvgIpc) is 3.01. The van der Waals surface area contributed by atoms with Gasteiger partial charge in [-0.25, -0.2) is 4.39 Å². The second kappa shape index (κ2) is 7.62. The Kier molecular flexibility index (Phi) is 5.51. The molecule has 4 nitrogen and oxygen atoms in total. The van der Waals surface area contributed by atoms with Gasteiger partial charge in [-0.05, 0) is 56.8 Å². The summed E-state index contributed by atoms with van der Waals surface area (Å²) in [6, 6.07) is 7.08. The first-order valence-corrected chi connectivity index (χ1v) is 9.01. The van der Waals surface area contributed by atoms with Gasteiger partial charge >= 0.3 is 0 Å². The maximum atomic E-state index is 13.2. The molecule has 2 atom stereocenters.